The second-order valence-electron chi connectivity index (χ2n) is 7.40. The predicted molar refractivity (Wildman–Crippen MR) is 118 cm³/mol. The van der Waals surface area contributed by atoms with E-state index in [2.05, 4.69) is 47.3 Å². The fourth-order valence-corrected chi connectivity index (χ4v) is 3.13. The zero-order valence-corrected chi connectivity index (χ0v) is 18.8. The third-order valence-electron chi connectivity index (χ3n) is 4.06. The second kappa shape index (κ2) is 9.93. The third kappa shape index (κ3) is 6.90. The van der Waals surface area contributed by atoms with Gasteiger partial charge in [-0.15, -0.1) is 0 Å². The smallest absolute Gasteiger partial charge is 0.319 e. The molecule has 0 saturated carbocycles. The summed E-state index contributed by atoms with van der Waals surface area (Å²) in [5.41, 5.74) is 1.29. The Morgan fingerprint density at radius 1 is 1.24 bits per heavy atom. The van der Waals surface area contributed by atoms with Crippen LogP contribution in [0.15, 0.2) is 40.9 Å². The van der Waals surface area contributed by atoms with Crippen molar-refractivity contribution in [2.24, 2.45) is 0 Å². The first-order valence-electron chi connectivity index (χ1n) is 8.99. The molecule has 0 atom stereocenters. The molecule has 9 heteroatoms. The van der Waals surface area contributed by atoms with E-state index in [1.54, 1.807) is 0 Å². The summed E-state index contributed by atoms with van der Waals surface area (Å²) in [6, 6.07) is 9.63. The first-order chi connectivity index (χ1) is 13.6. The topological polar surface area (TPSA) is 93.5 Å². The van der Waals surface area contributed by atoms with E-state index in [1.165, 1.54) is 23.8 Å². The molecule has 0 aromatic heterocycles. The molecule has 156 valence electrons. The zero-order chi connectivity index (χ0) is 21.6. The highest BCUT2D eigenvalue weighted by Crippen LogP contribution is 2.31. The molecule has 0 bridgehead atoms. The molecule has 7 nitrogen and oxygen atoms in total. The Morgan fingerprint density at radius 2 is 1.97 bits per heavy atom. The van der Waals surface area contributed by atoms with Crippen LogP contribution >= 0.6 is 27.5 Å². The minimum Gasteiger partial charge on any atom is -0.492 e. The molecule has 0 radical (unpaired) electrons. The highest BCUT2D eigenvalue weighted by Gasteiger charge is 2.15. The van der Waals surface area contributed by atoms with Gasteiger partial charge in [-0.05, 0) is 57.6 Å². The van der Waals surface area contributed by atoms with Crippen molar-refractivity contribution in [1.82, 2.24) is 5.32 Å². The van der Waals surface area contributed by atoms with E-state index >= 15 is 0 Å². The van der Waals surface area contributed by atoms with E-state index in [9.17, 15) is 14.9 Å². The van der Waals surface area contributed by atoms with Gasteiger partial charge in [-0.25, -0.2) is 4.79 Å². The number of nitro benzene ring substituents is 1. The average Bonchev–Trinajstić information content (AvgIpc) is 2.63. The Hall–Kier alpha value is -2.32. The van der Waals surface area contributed by atoms with E-state index in [0.717, 1.165) is 10.2 Å². The number of carbonyl (C=O) groups is 1. The molecule has 2 N–H and O–H groups in total. The van der Waals surface area contributed by atoms with Gasteiger partial charge in [-0.1, -0.05) is 38.4 Å². The van der Waals surface area contributed by atoms with Gasteiger partial charge in [-0.3, -0.25) is 10.1 Å². The van der Waals surface area contributed by atoms with Gasteiger partial charge in [-0.2, -0.15) is 0 Å². The van der Waals surface area contributed by atoms with Crippen LogP contribution in [-0.2, 0) is 5.41 Å². The molecule has 0 saturated heterocycles. The van der Waals surface area contributed by atoms with Crippen LogP contribution in [0.3, 0.4) is 0 Å². The van der Waals surface area contributed by atoms with Crippen molar-refractivity contribution in [1.29, 1.82) is 0 Å². The number of halogens is 2. The summed E-state index contributed by atoms with van der Waals surface area (Å²) in [5, 5.41) is 16.1. The van der Waals surface area contributed by atoms with Gasteiger partial charge in [0.2, 0.25) is 0 Å². The van der Waals surface area contributed by atoms with E-state index < -0.39 is 11.0 Å². The number of carbonyl (C=O) groups excluding carboxylic acids is 1. The Bertz CT molecular complexity index is 900. The number of urea groups is 1. The summed E-state index contributed by atoms with van der Waals surface area (Å²) in [5.74, 6) is 0.746. The minimum absolute atomic E-state index is 0.0137. The number of ether oxygens (including phenoxy) is 1. The second-order valence-corrected chi connectivity index (χ2v) is 8.66. The highest BCUT2D eigenvalue weighted by atomic mass is 79.9. The molecule has 0 heterocycles. The van der Waals surface area contributed by atoms with Crippen LogP contribution < -0.4 is 15.4 Å². The molecule has 0 fully saturated rings. The SMILES string of the molecule is CC(C)(C)c1ccc(OCCCNC(=O)Nc2ccc(Cl)c([N+](=O)[O-])c2)c(Br)c1. The van der Waals surface area contributed by atoms with Gasteiger partial charge in [0.25, 0.3) is 5.69 Å². The number of nitrogens with zero attached hydrogens (tertiary/aromatic N) is 1. The summed E-state index contributed by atoms with van der Waals surface area (Å²) in [6.45, 7) is 7.26. The Morgan fingerprint density at radius 3 is 2.59 bits per heavy atom. The van der Waals surface area contributed by atoms with Gasteiger partial charge >= 0.3 is 6.03 Å². The van der Waals surface area contributed by atoms with E-state index in [0.29, 0.717) is 19.6 Å². The highest BCUT2D eigenvalue weighted by molar-refractivity contribution is 9.10. The Labute approximate surface area is 183 Å². The van der Waals surface area contributed by atoms with Crippen molar-refractivity contribution in [3.05, 3.63) is 61.6 Å². The number of rotatable bonds is 7. The van der Waals surface area contributed by atoms with Gasteiger partial charge in [0.1, 0.15) is 10.8 Å². The van der Waals surface area contributed by atoms with Crippen LogP contribution in [0.4, 0.5) is 16.2 Å². The van der Waals surface area contributed by atoms with Gasteiger partial charge in [0.05, 0.1) is 16.0 Å². The molecular formula is C20H23BrClN3O4. The van der Waals surface area contributed by atoms with E-state index in [4.69, 9.17) is 16.3 Å². The van der Waals surface area contributed by atoms with Crippen molar-refractivity contribution in [2.75, 3.05) is 18.5 Å². The fourth-order valence-electron chi connectivity index (χ4n) is 2.45. The molecular weight excluding hydrogens is 462 g/mol. The van der Waals surface area contributed by atoms with Crippen molar-refractivity contribution in [3.8, 4) is 5.75 Å². The number of anilines is 1. The zero-order valence-electron chi connectivity index (χ0n) is 16.4. The van der Waals surface area contributed by atoms with Crippen LogP contribution in [0.25, 0.3) is 0 Å². The monoisotopic (exact) mass is 483 g/mol. The number of benzene rings is 2. The standard InChI is InChI=1S/C20H23BrClN3O4/c1-20(2,3)13-5-8-18(15(21)11-13)29-10-4-9-23-19(26)24-14-6-7-16(22)17(12-14)25(27)28/h5-8,11-12H,4,9-10H2,1-3H3,(H2,23,24,26). The largest absolute Gasteiger partial charge is 0.492 e. The van der Waals surface area contributed by atoms with Crippen molar-refractivity contribution >= 4 is 44.9 Å². The maximum absolute atomic E-state index is 11.9. The fraction of sp³-hybridized carbons (Fsp3) is 0.350. The number of hydrogen-bond donors (Lipinski definition) is 2. The maximum Gasteiger partial charge on any atom is 0.319 e. The summed E-state index contributed by atoms with van der Waals surface area (Å²) in [7, 11) is 0. The van der Waals surface area contributed by atoms with Crippen LogP contribution in [-0.4, -0.2) is 24.1 Å². The first-order valence-corrected chi connectivity index (χ1v) is 10.2. The Kier molecular flexibility index (Phi) is 7.87. The lowest BCUT2D eigenvalue weighted by atomic mass is 9.87. The van der Waals surface area contributed by atoms with E-state index in [-0.39, 0.29) is 21.8 Å². The molecule has 0 aliphatic rings. The summed E-state index contributed by atoms with van der Waals surface area (Å²) in [6.07, 6.45) is 0.599. The first kappa shape index (κ1) is 23.0. The van der Waals surface area contributed by atoms with Crippen LogP contribution in [0, 0.1) is 10.1 Å². The summed E-state index contributed by atoms with van der Waals surface area (Å²) >= 11 is 9.28. The van der Waals surface area contributed by atoms with Crippen molar-refractivity contribution < 1.29 is 14.5 Å². The number of hydrogen-bond acceptors (Lipinski definition) is 4. The summed E-state index contributed by atoms with van der Waals surface area (Å²) in [4.78, 5) is 22.2. The van der Waals surface area contributed by atoms with Crippen LogP contribution in [0.2, 0.25) is 5.02 Å². The van der Waals surface area contributed by atoms with Gasteiger partial charge < -0.3 is 15.4 Å². The lowest BCUT2D eigenvalue weighted by Crippen LogP contribution is -2.30. The lowest BCUT2D eigenvalue weighted by molar-refractivity contribution is -0.384. The van der Waals surface area contributed by atoms with Crippen molar-refractivity contribution in [2.45, 2.75) is 32.6 Å². The maximum atomic E-state index is 11.9. The quantitative estimate of drug-likeness (QED) is 0.291. The molecule has 0 aliphatic carbocycles. The lowest BCUT2D eigenvalue weighted by Gasteiger charge is -2.20. The minimum atomic E-state index is -0.602. The third-order valence-corrected chi connectivity index (χ3v) is 5.00. The average molecular weight is 485 g/mol. The normalized spacial score (nSPS) is 11.1. The number of nitrogens with one attached hydrogen (secondary N) is 2. The molecule has 0 unspecified atom stereocenters. The summed E-state index contributed by atoms with van der Waals surface area (Å²) < 4.78 is 6.64. The van der Waals surface area contributed by atoms with Gasteiger partial charge in [0.15, 0.2) is 0 Å². The van der Waals surface area contributed by atoms with E-state index in [1.807, 2.05) is 18.2 Å². The van der Waals surface area contributed by atoms with Crippen LogP contribution in [0.1, 0.15) is 32.8 Å². The van der Waals surface area contributed by atoms with Crippen LogP contribution in [0.5, 0.6) is 5.75 Å². The molecule has 2 aromatic rings. The molecule has 29 heavy (non-hydrogen) atoms. The predicted octanol–water partition coefficient (Wildman–Crippen LogP) is 5.90. The number of amides is 2. The molecule has 2 aromatic carbocycles. The number of nitro groups is 1. The molecule has 0 aliphatic heterocycles. The van der Waals surface area contributed by atoms with Gasteiger partial charge in [0, 0.05) is 18.3 Å². The molecule has 0 spiro atoms. The Balaban J connectivity index is 1.76. The van der Waals surface area contributed by atoms with Crippen molar-refractivity contribution in [3.63, 3.8) is 0 Å². The molecule has 2 rings (SSSR count). The molecule has 2 amide bonds.